The van der Waals surface area contributed by atoms with Gasteiger partial charge in [-0.2, -0.15) is 5.10 Å². The summed E-state index contributed by atoms with van der Waals surface area (Å²) in [6.07, 6.45) is 4.26. The van der Waals surface area contributed by atoms with E-state index >= 15 is 0 Å². The first kappa shape index (κ1) is 12.2. The van der Waals surface area contributed by atoms with E-state index < -0.39 is 0 Å². The molecule has 1 fully saturated rings. The van der Waals surface area contributed by atoms with Crippen LogP contribution in [0.5, 0.6) is 0 Å². The van der Waals surface area contributed by atoms with E-state index in [0.717, 1.165) is 39.1 Å². The number of rotatable bonds is 1. The number of nitrogens with zero attached hydrogens (tertiary/aromatic N) is 3. The second kappa shape index (κ2) is 4.67. The summed E-state index contributed by atoms with van der Waals surface area (Å²) >= 11 is 0. The highest BCUT2D eigenvalue weighted by molar-refractivity contribution is 5.05. The van der Waals surface area contributed by atoms with Crippen molar-refractivity contribution >= 4 is 0 Å². The lowest BCUT2D eigenvalue weighted by Crippen LogP contribution is -2.44. The van der Waals surface area contributed by atoms with Crippen LogP contribution in [-0.2, 0) is 17.8 Å². The molecule has 3 heterocycles. The smallest absolute Gasteiger partial charge is 0.0524 e. The quantitative estimate of drug-likeness (QED) is 0.761. The van der Waals surface area contributed by atoms with Crippen LogP contribution in [0.25, 0.3) is 0 Å². The molecule has 4 heteroatoms. The van der Waals surface area contributed by atoms with Crippen molar-refractivity contribution in [3.8, 4) is 0 Å². The SMILES string of the molecule is CC(C)N1Cc2ccnn2CC2(CCOCC2)C1. The van der Waals surface area contributed by atoms with Crippen molar-refractivity contribution < 1.29 is 4.74 Å². The van der Waals surface area contributed by atoms with E-state index in [4.69, 9.17) is 4.74 Å². The third-order valence-electron chi connectivity index (χ3n) is 4.48. The van der Waals surface area contributed by atoms with Crippen LogP contribution in [0.4, 0.5) is 0 Å². The standard InChI is InChI=1S/C14H23N3O/c1-12(2)16-9-13-3-6-15-17(13)11-14(10-16)4-7-18-8-5-14/h3,6,12H,4-5,7-11H2,1-2H3. The topological polar surface area (TPSA) is 30.3 Å². The zero-order valence-electron chi connectivity index (χ0n) is 11.4. The molecule has 4 nitrogen and oxygen atoms in total. The fourth-order valence-electron chi connectivity index (χ4n) is 3.19. The third kappa shape index (κ3) is 2.19. The zero-order chi connectivity index (χ0) is 12.6. The molecule has 1 aromatic heterocycles. The van der Waals surface area contributed by atoms with Crippen LogP contribution >= 0.6 is 0 Å². The van der Waals surface area contributed by atoms with Gasteiger partial charge in [-0.25, -0.2) is 0 Å². The fraction of sp³-hybridized carbons (Fsp3) is 0.786. The van der Waals surface area contributed by atoms with E-state index in [-0.39, 0.29) is 0 Å². The maximum absolute atomic E-state index is 5.55. The van der Waals surface area contributed by atoms with Crippen molar-refractivity contribution in [1.29, 1.82) is 0 Å². The molecule has 0 atom stereocenters. The molecule has 2 aliphatic rings. The summed E-state index contributed by atoms with van der Waals surface area (Å²) in [5.41, 5.74) is 1.71. The molecule has 1 saturated heterocycles. The van der Waals surface area contributed by atoms with Crippen molar-refractivity contribution in [3.05, 3.63) is 18.0 Å². The van der Waals surface area contributed by atoms with Crippen molar-refractivity contribution in [1.82, 2.24) is 14.7 Å². The Kier molecular flexibility index (Phi) is 3.16. The van der Waals surface area contributed by atoms with Gasteiger partial charge in [0, 0.05) is 50.5 Å². The summed E-state index contributed by atoms with van der Waals surface area (Å²) in [5.74, 6) is 0. The van der Waals surface area contributed by atoms with Gasteiger partial charge in [-0.1, -0.05) is 0 Å². The van der Waals surface area contributed by atoms with Gasteiger partial charge in [0.05, 0.1) is 5.69 Å². The average molecular weight is 249 g/mol. The normalized spacial score (nSPS) is 24.2. The minimum Gasteiger partial charge on any atom is -0.381 e. The first-order valence-corrected chi connectivity index (χ1v) is 7.01. The molecule has 3 rings (SSSR count). The summed E-state index contributed by atoms with van der Waals surface area (Å²) < 4.78 is 7.77. The van der Waals surface area contributed by atoms with E-state index in [2.05, 4.69) is 34.6 Å². The minimum atomic E-state index is 0.361. The molecule has 0 radical (unpaired) electrons. The molecule has 18 heavy (non-hydrogen) atoms. The van der Waals surface area contributed by atoms with Crippen LogP contribution in [-0.4, -0.2) is 40.5 Å². The van der Waals surface area contributed by atoms with Crippen LogP contribution in [0.1, 0.15) is 32.4 Å². The number of aromatic nitrogens is 2. The molecule has 2 aliphatic heterocycles. The summed E-state index contributed by atoms with van der Waals surface area (Å²) in [5, 5.41) is 4.51. The molecule has 0 amide bonds. The van der Waals surface area contributed by atoms with Crippen LogP contribution in [0.15, 0.2) is 12.3 Å². The molecule has 0 saturated carbocycles. The molecular weight excluding hydrogens is 226 g/mol. The summed E-state index contributed by atoms with van der Waals surface area (Å²) in [6, 6.07) is 2.75. The largest absolute Gasteiger partial charge is 0.381 e. The Balaban J connectivity index is 1.91. The number of ether oxygens (including phenoxy) is 1. The van der Waals surface area contributed by atoms with Gasteiger partial charge >= 0.3 is 0 Å². The second-order valence-corrected chi connectivity index (χ2v) is 6.09. The number of hydrogen-bond donors (Lipinski definition) is 0. The van der Waals surface area contributed by atoms with Gasteiger partial charge in [-0.05, 0) is 32.8 Å². The molecule has 0 aromatic carbocycles. The Morgan fingerprint density at radius 3 is 2.78 bits per heavy atom. The maximum atomic E-state index is 5.55. The molecule has 0 N–H and O–H groups in total. The van der Waals surface area contributed by atoms with Gasteiger partial charge in [-0.15, -0.1) is 0 Å². The summed E-state index contributed by atoms with van der Waals surface area (Å²) in [6.45, 7) is 9.66. The highest BCUT2D eigenvalue weighted by Gasteiger charge is 2.38. The summed E-state index contributed by atoms with van der Waals surface area (Å²) in [4.78, 5) is 2.59. The van der Waals surface area contributed by atoms with E-state index in [1.54, 1.807) is 0 Å². The third-order valence-corrected chi connectivity index (χ3v) is 4.48. The Hall–Kier alpha value is -0.870. The van der Waals surface area contributed by atoms with Gasteiger partial charge in [0.25, 0.3) is 0 Å². The number of fused-ring (bicyclic) bond motifs is 1. The van der Waals surface area contributed by atoms with Gasteiger partial charge < -0.3 is 4.74 Å². The molecule has 0 unspecified atom stereocenters. The van der Waals surface area contributed by atoms with Gasteiger partial charge in [0.1, 0.15) is 0 Å². The number of hydrogen-bond acceptors (Lipinski definition) is 3. The molecular formula is C14H23N3O. The minimum absolute atomic E-state index is 0.361. The Labute approximate surface area is 109 Å². The predicted molar refractivity (Wildman–Crippen MR) is 70.3 cm³/mol. The van der Waals surface area contributed by atoms with E-state index in [9.17, 15) is 0 Å². The van der Waals surface area contributed by atoms with Crippen molar-refractivity contribution in [3.63, 3.8) is 0 Å². The van der Waals surface area contributed by atoms with Crippen LogP contribution in [0, 0.1) is 5.41 Å². The van der Waals surface area contributed by atoms with Crippen molar-refractivity contribution in [2.45, 2.75) is 45.8 Å². The lowest BCUT2D eigenvalue weighted by Gasteiger charge is -2.40. The highest BCUT2D eigenvalue weighted by Crippen LogP contribution is 2.36. The molecule has 100 valence electrons. The van der Waals surface area contributed by atoms with E-state index in [1.165, 1.54) is 12.2 Å². The molecule has 1 aromatic rings. The van der Waals surface area contributed by atoms with Gasteiger partial charge in [-0.3, -0.25) is 9.58 Å². The monoisotopic (exact) mass is 249 g/mol. The maximum Gasteiger partial charge on any atom is 0.0524 e. The fourth-order valence-corrected chi connectivity index (χ4v) is 3.19. The molecule has 0 bridgehead atoms. The lowest BCUT2D eigenvalue weighted by molar-refractivity contribution is -0.0155. The highest BCUT2D eigenvalue weighted by atomic mass is 16.5. The average Bonchev–Trinajstić information content (AvgIpc) is 2.71. The van der Waals surface area contributed by atoms with Crippen LogP contribution in [0.3, 0.4) is 0 Å². The second-order valence-electron chi connectivity index (χ2n) is 6.09. The first-order valence-electron chi connectivity index (χ1n) is 7.01. The zero-order valence-corrected chi connectivity index (χ0v) is 11.4. The Morgan fingerprint density at radius 1 is 1.28 bits per heavy atom. The van der Waals surface area contributed by atoms with Gasteiger partial charge in [0.15, 0.2) is 0 Å². The summed E-state index contributed by atoms with van der Waals surface area (Å²) in [7, 11) is 0. The van der Waals surface area contributed by atoms with E-state index in [1.807, 2.05) is 6.20 Å². The van der Waals surface area contributed by atoms with E-state index in [0.29, 0.717) is 11.5 Å². The predicted octanol–water partition coefficient (Wildman–Crippen LogP) is 1.90. The first-order chi connectivity index (χ1) is 8.69. The van der Waals surface area contributed by atoms with Crippen LogP contribution < -0.4 is 0 Å². The van der Waals surface area contributed by atoms with Gasteiger partial charge in [0.2, 0.25) is 0 Å². The Bertz CT molecular complexity index is 407. The van der Waals surface area contributed by atoms with Crippen LogP contribution in [0.2, 0.25) is 0 Å². The lowest BCUT2D eigenvalue weighted by atomic mass is 9.79. The Morgan fingerprint density at radius 2 is 2.06 bits per heavy atom. The molecule has 0 aliphatic carbocycles. The van der Waals surface area contributed by atoms with Crippen molar-refractivity contribution in [2.24, 2.45) is 5.41 Å². The molecule has 1 spiro atoms. The van der Waals surface area contributed by atoms with Crippen molar-refractivity contribution in [2.75, 3.05) is 19.8 Å².